The zero-order valence-electron chi connectivity index (χ0n) is 15.0. The lowest BCUT2D eigenvalue weighted by Gasteiger charge is -2.19. The van der Waals surface area contributed by atoms with Crippen LogP contribution in [0.1, 0.15) is 22.3 Å². The van der Waals surface area contributed by atoms with Crippen molar-refractivity contribution in [2.45, 2.75) is 19.1 Å². The van der Waals surface area contributed by atoms with Crippen molar-refractivity contribution in [2.24, 2.45) is 0 Å². The Hall–Kier alpha value is -3.35. The minimum atomic E-state index is -1.84. The molecule has 3 nitrogen and oxygen atoms in total. The SMILES string of the molecule is Cc1ccc(C#CC2(O)C(=O)N(Cc3ccccc3)c3ccccc32)cc1. The molecule has 0 saturated carbocycles. The number of rotatable bonds is 2. The van der Waals surface area contributed by atoms with E-state index in [1.54, 1.807) is 11.0 Å². The zero-order valence-corrected chi connectivity index (χ0v) is 15.0. The second kappa shape index (κ2) is 6.75. The van der Waals surface area contributed by atoms with Crippen LogP contribution in [0.25, 0.3) is 0 Å². The zero-order chi connectivity index (χ0) is 18.9. The second-order valence-electron chi connectivity index (χ2n) is 6.72. The first kappa shape index (κ1) is 17.1. The third-order valence-corrected chi connectivity index (χ3v) is 4.76. The van der Waals surface area contributed by atoms with Crippen LogP contribution in [0.3, 0.4) is 0 Å². The van der Waals surface area contributed by atoms with Gasteiger partial charge in [0.2, 0.25) is 5.60 Å². The number of hydrogen-bond donors (Lipinski definition) is 1. The highest BCUT2D eigenvalue weighted by Gasteiger charge is 2.48. The molecule has 0 spiro atoms. The summed E-state index contributed by atoms with van der Waals surface area (Å²) in [6, 6.07) is 24.7. The lowest BCUT2D eigenvalue weighted by atomic mass is 9.95. The molecule has 1 unspecified atom stereocenters. The molecule has 3 aromatic carbocycles. The van der Waals surface area contributed by atoms with Crippen molar-refractivity contribution in [2.75, 3.05) is 4.90 Å². The van der Waals surface area contributed by atoms with Crippen molar-refractivity contribution in [3.63, 3.8) is 0 Å². The molecule has 27 heavy (non-hydrogen) atoms. The Morgan fingerprint density at radius 3 is 2.33 bits per heavy atom. The standard InChI is InChI=1S/C24H19NO2/c1-18-11-13-19(14-12-18)15-16-24(27)21-9-5-6-10-22(21)25(23(24)26)17-20-7-3-2-4-8-20/h2-14,27H,17H2,1H3. The third-order valence-electron chi connectivity index (χ3n) is 4.76. The summed E-state index contributed by atoms with van der Waals surface area (Å²) in [7, 11) is 0. The minimum Gasteiger partial charge on any atom is -0.366 e. The van der Waals surface area contributed by atoms with Crippen LogP contribution in [0.2, 0.25) is 0 Å². The van der Waals surface area contributed by atoms with Gasteiger partial charge in [0.15, 0.2) is 0 Å². The van der Waals surface area contributed by atoms with Crippen molar-refractivity contribution >= 4 is 11.6 Å². The molecule has 1 heterocycles. The van der Waals surface area contributed by atoms with Gasteiger partial charge in [0.1, 0.15) is 0 Å². The molecular weight excluding hydrogens is 334 g/mol. The molecule has 0 radical (unpaired) electrons. The topological polar surface area (TPSA) is 40.5 Å². The van der Waals surface area contributed by atoms with Crippen molar-refractivity contribution in [1.82, 2.24) is 0 Å². The van der Waals surface area contributed by atoms with Crippen LogP contribution in [0.4, 0.5) is 5.69 Å². The Morgan fingerprint density at radius 1 is 0.926 bits per heavy atom. The minimum absolute atomic E-state index is 0.394. The van der Waals surface area contributed by atoms with Crippen molar-refractivity contribution < 1.29 is 9.90 Å². The molecule has 3 heteroatoms. The van der Waals surface area contributed by atoms with E-state index in [1.807, 2.05) is 79.7 Å². The molecule has 1 atom stereocenters. The maximum Gasteiger partial charge on any atom is 0.276 e. The number of anilines is 1. The van der Waals surface area contributed by atoms with Gasteiger partial charge in [-0.25, -0.2) is 0 Å². The van der Waals surface area contributed by atoms with Gasteiger partial charge in [-0.1, -0.05) is 72.1 Å². The van der Waals surface area contributed by atoms with Gasteiger partial charge in [0, 0.05) is 11.1 Å². The molecule has 0 aliphatic carbocycles. The van der Waals surface area contributed by atoms with E-state index in [-0.39, 0.29) is 0 Å². The van der Waals surface area contributed by atoms with Gasteiger partial charge in [0.25, 0.3) is 5.91 Å². The lowest BCUT2D eigenvalue weighted by Crippen LogP contribution is -2.39. The number of aryl methyl sites for hydroxylation is 1. The Morgan fingerprint density at radius 2 is 1.59 bits per heavy atom. The van der Waals surface area contributed by atoms with E-state index in [0.717, 1.165) is 16.7 Å². The molecule has 0 bridgehead atoms. The number of amides is 1. The van der Waals surface area contributed by atoms with E-state index in [4.69, 9.17) is 0 Å². The van der Waals surface area contributed by atoms with Crippen LogP contribution in [0.5, 0.6) is 0 Å². The summed E-state index contributed by atoms with van der Waals surface area (Å²) in [6.45, 7) is 2.40. The second-order valence-corrected chi connectivity index (χ2v) is 6.72. The predicted octanol–water partition coefficient (Wildman–Crippen LogP) is 3.78. The molecule has 0 fully saturated rings. The van der Waals surface area contributed by atoms with Crippen LogP contribution in [-0.4, -0.2) is 11.0 Å². The number of nitrogens with zero attached hydrogens (tertiary/aromatic N) is 1. The Kier molecular flexibility index (Phi) is 4.27. The molecule has 0 saturated heterocycles. The quantitative estimate of drug-likeness (QED) is 0.712. The molecular formula is C24H19NO2. The molecule has 1 aliphatic rings. The summed E-state index contributed by atoms with van der Waals surface area (Å²) in [6.07, 6.45) is 0. The third kappa shape index (κ3) is 3.12. The summed E-state index contributed by atoms with van der Waals surface area (Å²) in [5.41, 5.74) is 2.29. The normalized spacial score (nSPS) is 18.0. The molecule has 0 aromatic heterocycles. The van der Waals surface area contributed by atoms with Gasteiger partial charge in [-0.15, -0.1) is 0 Å². The molecule has 4 rings (SSSR count). The highest BCUT2D eigenvalue weighted by atomic mass is 16.3. The van der Waals surface area contributed by atoms with Crippen LogP contribution >= 0.6 is 0 Å². The van der Waals surface area contributed by atoms with Gasteiger partial charge in [-0.3, -0.25) is 4.79 Å². The number of benzene rings is 3. The maximum atomic E-state index is 13.1. The lowest BCUT2D eigenvalue weighted by molar-refractivity contribution is -0.130. The number of aliphatic hydroxyl groups is 1. The fraction of sp³-hybridized carbons (Fsp3) is 0.125. The van der Waals surface area contributed by atoms with Gasteiger partial charge in [0.05, 0.1) is 12.2 Å². The Balaban J connectivity index is 1.73. The average molecular weight is 353 g/mol. The van der Waals surface area contributed by atoms with Crippen molar-refractivity contribution in [1.29, 1.82) is 0 Å². The van der Waals surface area contributed by atoms with Crippen LogP contribution in [0, 0.1) is 18.8 Å². The maximum absolute atomic E-state index is 13.1. The molecule has 132 valence electrons. The van der Waals surface area contributed by atoms with Crippen molar-refractivity contribution in [3.05, 3.63) is 101 Å². The summed E-state index contributed by atoms with van der Waals surface area (Å²) >= 11 is 0. The first-order valence-electron chi connectivity index (χ1n) is 8.85. The van der Waals surface area contributed by atoms with E-state index in [0.29, 0.717) is 17.8 Å². The fourth-order valence-corrected chi connectivity index (χ4v) is 3.28. The Labute approximate surface area is 158 Å². The summed E-state index contributed by atoms with van der Waals surface area (Å²) in [5, 5.41) is 11.2. The van der Waals surface area contributed by atoms with Crippen LogP contribution in [0.15, 0.2) is 78.9 Å². The van der Waals surface area contributed by atoms with Gasteiger partial charge in [-0.05, 0) is 36.6 Å². The van der Waals surface area contributed by atoms with Crippen LogP contribution in [-0.2, 0) is 16.9 Å². The highest BCUT2D eigenvalue weighted by Crippen LogP contribution is 2.40. The van der Waals surface area contributed by atoms with Gasteiger partial charge >= 0.3 is 0 Å². The molecule has 3 aromatic rings. The predicted molar refractivity (Wildman–Crippen MR) is 106 cm³/mol. The summed E-state index contributed by atoms with van der Waals surface area (Å²) in [4.78, 5) is 14.7. The number of carbonyl (C=O) groups is 1. The first-order valence-corrected chi connectivity index (χ1v) is 8.85. The number of carbonyl (C=O) groups excluding carboxylic acids is 1. The van der Waals surface area contributed by atoms with Gasteiger partial charge in [-0.2, -0.15) is 0 Å². The smallest absolute Gasteiger partial charge is 0.276 e. The largest absolute Gasteiger partial charge is 0.366 e. The van der Waals surface area contributed by atoms with E-state index in [2.05, 4.69) is 11.8 Å². The Bertz CT molecular complexity index is 1040. The summed E-state index contributed by atoms with van der Waals surface area (Å²) < 4.78 is 0. The van der Waals surface area contributed by atoms with E-state index < -0.39 is 11.5 Å². The summed E-state index contributed by atoms with van der Waals surface area (Å²) in [5.74, 6) is 5.38. The van der Waals surface area contributed by atoms with Crippen molar-refractivity contribution in [3.8, 4) is 11.8 Å². The average Bonchev–Trinajstić information content (AvgIpc) is 2.91. The molecule has 1 amide bonds. The number of hydrogen-bond acceptors (Lipinski definition) is 2. The molecule has 1 N–H and O–H groups in total. The van der Waals surface area contributed by atoms with E-state index in [9.17, 15) is 9.90 Å². The number of fused-ring (bicyclic) bond motifs is 1. The van der Waals surface area contributed by atoms with Crippen LogP contribution < -0.4 is 4.90 Å². The van der Waals surface area contributed by atoms with E-state index in [1.165, 1.54) is 0 Å². The highest BCUT2D eigenvalue weighted by molar-refractivity contribution is 6.09. The monoisotopic (exact) mass is 353 g/mol. The number of para-hydroxylation sites is 1. The van der Waals surface area contributed by atoms with E-state index >= 15 is 0 Å². The first-order chi connectivity index (χ1) is 13.1. The fourth-order valence-electron chi connectivity index (χ4n) is 3.28. The molecule has 1 aliphatic heterocycles. The van der Waals surface area contributed by atoms with Gasteiger partial charge < -0.3 is 10.0 Å².